The number of hydrogen-bond donors (Lipinski definition) is 0. The number of carbonyl (C=O) groups excluding carboxylic acids is 1. The minimum atomic E-state index is -0.702. The van der Waals surface area contributed by atoms with Crippen LogP contribution in [-0.4, -0.2) is 25.5 Å². The van der Waals surface area contributed by atoms with Crippen molar-refractivity contribution in [2.45, 2.75) is 18.8 Å². The van der Waals surface area contributed by atoms with Crippen LogP contribution in [0.1, 0.15) is 17.2 Å². The van der Waals surface area contributed by atoms with E-state index < -0.39 is 6.29 Å². The maximum Gasteiger partial charge on any atom is 0.312 e. The van der Waals surface area contributed by atoms with Gasteiger partial charge in [0.2, 0.25) is 6.29 Å². The Morgan fingerprint density at radius 2 is 1.59 bits per heavy atom. The highest BCUT2D eigenvalue weighted by atomic mass is 16.7. The third-order valence-corrected chi connectivity index (χ3v) is 3.48. The van der Waals surface area contributed by atoms with Gasteiger partial charge in [0.15, 0.2) is 0 Å². The molecular formula is C18H18O4. The first-order valence-corrected chi connectivity index (χ1v) is 7.34. The average Bonchev–Trinajstić information content (AvgIpc) is 2.57. The first kappa shape index (κ1) is 14.8. The normalized spacial score (nSPS) is 21.3. The zero-order chi connectivity index (χ0) is 15.2. The fourth-order valence-electron chi connectivity index (χ4n) is 2.43. The maximum atomic E-state index is 12.1. The van der Waals surface area contributed by atoms with Gasteiger partial charge in [-0.1, -0.05) is 60.7 Å². The molecule has 1 heterocycles. The minimum absolute atomic E-state index is 0.224. The predicted octanol–water partition coefficient (Wildman–Crippen LogP) is 2.89. The van der Waals surface area contributed by atoms with Gasteiger partial charge in [0.25, 0.3) is 0 Å². The molecule has 0 aromatic heterocycles. The van der Waals surface area contributed by atoms with E-state index in [-0.39, 0.29) is 18.5 Å². The van der Waals surface area contributed by atoms with Gasteiger partial charge in [-0.25, -0.2) is 0 Å². The van der Waals surface area contributed by atoms with E-state index in [0.29, 0.717) is 13.2 Å². The van der Waals surface area contributed by atoms with Crippen LogP contribution >= 0.6 is 0 Å². The highest BCUT2D eigenvalue weighted by Gasteiger charge is 2.31. The summed E-state index contributed by atoms with van der Waals surface area (Å²) in [6, 6.07) is 19.2. The van der Waals surface area contributed by atoms with Crippen LogP contribution in [0.25, 0.3) is 0 Å². The lowest BCUT2D eigenvalue weighted by atomic mass is 10.1. The molecule has 0 aliphatic carbocycles. The van der Waals surface area contributed by atoms with Gasteiger partial charge in [-0.2, -0.15) is 0 Å². The fourth-order valence-corrected chi connectivity index (χ4v) is 2.43. The van der Waals surface area contributed by atoms with E-state index >= 15 is 0 Å². The Morgan fingerprint density at radius 1 is 0.955 bits per heavy atom. The van der Waals surface area contributed by atoms with Crippen molar-refractivity contribution in [3.05, 3.63) is 71.8 Å². The Hall–Kier alpha value is -2.17. The summed E-state index contributed by atoms with van der Waals surface area (Å²) in [5.74, 6) is -0.317. The van der Waals surface area contributed by atoms with Gasteiger partial charge in [-0.05, 0) is 11.1 Å². The van der Waals surface area contributed by atoms with Crippen molar-refractivity contribution in [2.75, 3.05) is 13.2 Å². The standard InChI is InChI=1S/C18H18O4/c19-16(13-14-7-3-1-4-8-14)22-18-17(20-11-12-21-18)15-9-5-2-6-10-15/h1-10,17-18H,11-13H2. The van der Waals surface area contributed by atoms with Crippen molar-refractivity contribution in [2.24, 2.45) is 0 Å². The molecule has 2 unspecified atom stereocenters. The Kier molecular flexibility index (Phi) is 4.83. The summed E-state index contributed by atoms with van der Waals surface area (Å²) < 4.78 is 16.8. The Bertz CT molecular complexity index is 597. The number of carbonyl (C=O) groups is 1. The van der Waals surface area contributed by atoms with Crippen LogP contribution in [0.4, 0.5) is 0 Å². The van der Waals surface area contributed by atoms with E-state index in [2.05, 4.69) is 0 Å². The first-order valence-electron chi connectivity index (χ1n) is 7.34. The predicted molar refractivity (Wildman–Crippen MR) is 81.1 cm³/mol. The van der Waals surface area contributed by atoms with Crippen LogP contribution in [0, 0.1) is 0 Å². The molecule has 2 atom stereocenters. The monoisotopic (exact) mass is 298 g/mol. The molecule has 1 fully saturated rings. The molecule has 2 aromatic carbocycles. The summed E-state index contributed by atoms with van der Waals surface area (Å²) in [6.45, 7) is 0.916. The van der Waals surface area contributed by atoms with Gasteiger partial charge < -0.3 is 14.2 Å². The number of ether oxygens (including phenoxy) is 3. The zero-order valence-corrected chi connectivity index (χ0v) is 12.2. The van der Waals surface area contributed by atoms with Crippen LogP contribution < -0.4 is 0 Å². The second kappa shape index (κ2) is 7.20. The topological polar surface area (TPSA) is 44.8 Å². The van der Waals surface area contributed by atoms with E-state index in [1.807, 2.05) is 60.7 Å². The van der Waals surface area contributed by atoms with E-state index in [1.165, 1.54) is 0 Å². The van der Waals surface area contributed by atoms with Crippen LogP contribution in [-0.2, 0) is 25.4 Å². The number of esters is 1. The Balaban J connectivity index is 1.65. The summed E-state index contributed by atoms with van der Waals surface area (Å²) >= 11 is 0. The highest BCUT2D eigenvalue weighted by molar-refractivity contribution is 5.72. The number of rotatable bonds is 4. The molecule has 0 bridgehead atoms. The fraction of sp³-hybridized carbons (Fsp3) is 0.278. The summed E-state index contributed by atoms with van der Waals surface area (Å²) in [6.07, 6.45) is -0.857. The largest absolute Gasteiger partial charge is 0.432 e. The lowest BCUT2D eigenvalue weighted by molar-refractivity contribution is -0.245. The molecule has 0 radical (unpaired) electrons. The first-order chi connectivity index (χ1) is 10.8. The van der Waals surface area contributed by atoms with Crippen molar-refractivity contribution >= 4 is 5.97 Å². The van der Waals surface area contributed by atoms with Gasteiger partial charge in [0, 0.05) is 0 Å². The summed E-state index contributed by atoms with van der Waals surface area (Å²) in [4.78, 5) is 12.1. The second-order valence-electron chi connectivity index (χ2n) is 5.09. The van der Waals surface area contributed by atoms with Gasteiger partial charge in [0.05, 0.1) is 19.6 Å². The minimum Gasteiger partial charge on any atom is -0.432 e. The second-order valence-corrected chi connectivity index (χ2v) is 5.09. The smallest absolute Gasteiger partial charge is 0.312 e. The lowest BCUT2D eigenvalue weighted by Crippen LogP contribution is -2.36. The third-order valence-electron chi connectivity index (χ3n) is 3.48. The van der Waals surface area contributed by atoms with Crippen LogP contribution in [0.15, 0.2) is 60.7 Å². The molecular weight excluding hydrogens is 280 g/mol. The highest BCUT2D eigenvalue weighted by Crippen LogP contribution is 2.27. The quantitative estimate of drug-likeness (QED) is 0.814. The van der Waals surface area contributed by atoms with Crippen molar-refractivity contribution in [3.8, 4) is 0 Å². The molecule has 1 aliphatic rings. The molecule has 4 nitrogen and oxygen atoms in total. The van der Waals surface area contributed by atoms with Crippen molar-refractivity contribution in [3.63, 3.8) is 0 Å². The maximum absolute atomic E-state index is 12.1. The van der Waals surface area contributed by atoms with Crippen molar-refractivity contribution in [1.82, 2.24) is 0 Å². The van der Waals surface area contributed by atoms with E-state index in [4.69, 9.17) is 14.2 Å². The van der Waals surface area contributed by atoms with Crippen molar-refractivity contribution < 1.29 is 19.0 Å². The summed E-state index contributed by atoms with van der Waals surface area (Å²) in [7, 11) is 0. The molecule has 3 rings (SSSR count). The summed E-state index contributed by atoms with van der Waals surface area (Å²) in [5, 5.41) is 0. The zero-order valence-electron chi connectivity index (χ0n) is 12.2. The molecule has 4 heteroatoms. The number of hydrogen-bond acceptors (Lipinski definition) is 4. The van der Waals surface area contributed by atoms with E-state index in [0.717, 1.165) is 11.1 Å². The van der Waals surface area contributed by atoms with Crippen LogP contribution in [0.5, 0.6) is 0 Å². The summed E-state index contributed by atoms with van der Waals surface area (Å²) in [5.41, 5.74) is 1.86. The van der Waals surface area contributed by atoms with Crippen molar-refractivity contribution in [1.29, 1.82) is 0 Å². The van der Waals surface area contributed by atoms with Crippen LogP contribution in [0.2, 0.25) is 0 Å². The Morgan fingerprint density at radius 3 is 2.32 bits per heavy atom. The molecule has 1 aliphatic heterocycles. The van der Waals surface area contributed by atoms with Crippen LogP contribution in [0.3, 0.4) is 0 Å². The molecule has 0 N–H and O–H groups in total. The average molecular weight is 298 g/mol. The van der Waals surface area contributed by atoms with E-state index in [1.54, 1.807) is 0 Å². The SMILES string of the molecule is O=C(Cc1ccccc1)OC1OCCOC1c1ccccc1. The Labute approximate surface area is 129 Å². The molecule has 2 aromatic rings. The van der Waals surface area contributed by atoms with Gasteiger partial charge >= 0.3 is 5.97 Å². The molecule has 114 valence electrons. The molecule has 0 amide bonds. The van der Waals surface area contributed by atoms with Gasteiger partial charge in [-0.15, -0.1) is 0 Å². The van der Waals surface area contributed by atoms with Gasteiger partial charge in [0.1, 0.15) is 6.10 Å². The van der Waals surface area contributed by atoms with E-state index in [9.17, 15) is 4.79 Å². The molecule has 22 heavy (non-hydrogen) atoms. The number of benzene rings is 2. The molecule has 0 spiro atoms. The molecule has 0 saturated carbocycles. The third kappa shape index (κ3) is 3.72. The molecule has 1 saturated heterocycles. The van der Waals surface area contributed by atoms with Gasteiger partial charge in [-0.3, -0.25) is 4.79 Å². The lowest BCUT2D eigenvalue weighted by Gasteiger charge is -2.31.